The van der Waals surface area contributed by atoms with Gasteiger partial charge in [0.25, 0.3) is 5.91 Å². The molecule has 0 aliphatic carbocycles. The highest BCUT2D eigenvalue weighted by molar-refractivity contribution is 5.92. The van der Waals surface area contributed by atoms with Crippen molar-refractivity contribution in [2.75, 3.05) is 26.2 Å². The van der Waals surface area contributed by atoms with Gasteiger partial charge in [0.05, 0.1) is 12.7 Å². The van der Waals surface area contributed by atoms with E-state index in [9.17, 15) is 4.79 Å². The number of amides is 1. The molecule has 1 fully saturated rings. The Balaban J connectivity index is 1.59. The van der Waals surface area contributed by atoms with Crippen LogP contribution in [0.4, 0.5) is 0 Å². The number of nitrogens with zero attached hydrogens (tertiary/aromatic N) is 5. The normalized spacial score (nSPS) is 16.9. The zero-order valence-corrected chi connectivity index (χ0v) is 15.5. The monoisotopic (exact) mass is 345 g/mol. The van der Waals surface area contributed by atoms with Crippen molar-refractivity contribution in [3.05, 3.63) is 35.8 Å². The predicted octanol–water partition coefficient (Wildman–Crippen LogP) is 2.05. The number of rotatable bonds is 3. The van der Waals surface area contributed by atoms with E-state index in [2.05, 4.69) is 35.8 Å². The van der Waals surface area contributed by atoms with Gasteiger partial charge in [-0.2, -0.15) is 5.10 Å². The third kappa shape index (κ3) is 4.10. The molecule has 0 atom stereocenters. The molecule has 7 heteroatoms. The van der Waals surface area contributed by atoms with E-state index in [0.717, 1.165) is 37.7 Å². The number of aromatic nitrogens is 3. The summed E-state index contributed by atoms with van der Waals surface area (Å²) in [5.74, 6) is 1.70. The van der Waals surface area contributed by atoms with E-state index in [1.807, 2.05) is 11.1 Å². The molecule has 2 aromatic heterocycles. The summed E-state index contributed by atoms with van der Waals surface area (Å²) in [7, 11) is 1.80. The molecule has 0 unspecified atom stereocenters. The number of carbonyl (C=O) groups excluding carboxylic acids is 1. The molecule has 0 aromatic carbocycles. The highest BCUT2D eigenvalue weighted by Crippen LogP contribution is 2.23. The number of carbonyl (C=O) groups is 1. The Kier molecular flexibility index (Phi) is 4.94. The smallest absolute Gasteiger partial charge is 0.272 e. The van der Waals surface area contributed by atoms with Crippen molar-refractivity contribution < 1.29 is 9.21 Å². The summed E-state index contributed by atoms with van der Waals surface area (Å²) in [6.07, 6.45) is 4.43. The van der Waals surface area contributed by atoms with E-state index < -0.39 is 0 Å². The summed E-state index contributed by atoms with van der Waals surface area (Å²) in [4.78, 5) is 21.3. The van der Waals surface area contributed by atoms with Crippen molar-refractivity contribution >= 4 is 5.91 Å². The van der Waals surface area contributed by atoms with Gasteiger partial charge in [-0.1, -0.05) is 20.8 Å². The lowest BCUT2D eigenvalue weighted by molar-refractivity contribution is 0.0749. The van der Waals surface area contributed by atoms with Crippen LogP contribution in [0.3, 0.4) is 0 Å². The maximum atomic E-state index is 12.6. The van der Waals surface area contributed by atoms with E-state index >= 15 is 0 Å². The molecular formula is C18H27N5O2. The quantitative estimate of drug-likeness (QED) is 0.852. The lowest BCUT2D eigenvalue weighted by Gasteiger charge is -2.21. The van der Waals surface area contributed by atoms with Crippen LogP contribution in [-0.4, -0.2) is 56.7 Å². The number of hydrogen-bond donors (Lipinski definition) is 0. The number of oxazole rings is 1. The van der Waals surface area contributed by atoms with Gasteiger partial charge < -0.3 is 9.32 Å². The molecule has 0 saturated carbocycles. The maximum Gasteiger partial charge on any atom is 0.272 e. The molecule has 1 saturated heterocycles. The van der Waals surface area contributed by atoms with Crippen molar-refractivity contribution in [3.63, 3.8) is 0 Å². The average Bonchev–Trinajstić information content (AvgIpc) is 3.11. The Hall–Kier alpha value is -2.15. The molecule has 1 amide bonds. The Morgan fingerprint density at radius 2 is 2.04 bits per heavy atom. The third-order valence-electron chi connectivity index (χ3n) is 4.57. The standard InChI is InChI=1S/C18H27N5O2/c1-18(2,3)15-12-19-16(25-15)13-22-8-5-9-23(11-10-22)17(24)14-6-7-20-21(14)4/h6-7,12H,5,8-11,13H2,1-4H3. The van der Waals surface area contributed by atoms with Crippen LogP contribution < -0.4 is 0 Å². The van der Waals surface area contributed by atoms with E-state index in [1.54, 1.807) is 24.0 Å². The lowest BCUT2D eigenvalue weighted by Crippen LogP contribution is -2.36. The van der Waals surface area contributed by atoms with Gasteiger partial charge in [-0.3, -0.25) is 14.4 Å². The minimum Gasteiger partial charge on any atom is -0.444 e. The Morgan fingerprint density at radius 3 is 2.68 bits per heavy atom. The highest BCUT2D eigenvalue weighted by atomic mass is 16.4. The second kappa shape index (κ2) is 7.00. The first kappa shape index (κ1) is 17.7. The first-order valence-electron chi connectivity index (χ1n) is 8.79. The second-order valence-corrected chi connectivity index (χ2v) is 7.63. The van der Waals surface area contributed by atoms with Crippen molar-refractivity contribution in [1.82, 2.24) is 24.6 Å². The van der Waals surface area contributed by atoms with Crippen molar-refractivity contribution in [3.8, 4) is 0 Å². The molecule has 0 spiro atoms. The molecule has 2 aromatic rings. The highest BCUT2D eigenvalue weighted by Gasteiger charge is 2.24. The van der Waals surface area contributed by atoms with Crippen molar-refractivity contribution in [2.45, 2.75) is 39.2 Å². The number of aryl methyl sites for hydroxylation is 1. The molecule has 3 heterocycles. The van der Waals surface area contributed by atoms with E-state index in [1.165, 1.54) is 0 Å². The summed E-state index contributed by atoms with van der Waals surface area (Å²) in [5, 5.41) is 4.09. The van der Waals surface area contributed by atoms with Gasteiger partial charge in [0.15, 0.2) is 0 Å². The van der Waals surface area contributed by atoms with Crippen LogP contribution in [0.2, 0.25) is 0 Å². The summed E-state index contributed by atoms with van der Waals surface area (Å²) >= 11 is 0. The van der Waals surface area contributed by atoms with Crippen LogP contribution in [0, 0.1) is 0 Å². The fraction of sp³-hybridized carbons (Fsp3) is 0.611. The SMILES string of the molecule is Cn1nccc1C(=O)N1CCCN(Cc2ncc(C(C)(C)C)o2)CC1. The lowest BCUT2D eigenvalue weighted by atomic mass is 9.94. The van der Waals surface area contributed by atoms with Gasteiger partial charge in [0.1, 0.15) is 11.5 Å². The molecule has 136 valence electrons. The largest absolute Gasteiger partial charge is 0.444 e. The molecule has 25 heavy (non-hydrogen) atoms. The van der Waals surface area contributed by atoms with Crippen LogP contribution in [0.5, 0.6) is 0 Å². The van der Waals surface area contributed by atoms with Gasteiger partial charge in [-0.25, -0.2) is 4.98 Å². The van der Waals surface area contributed by atoms with E-state index in [-0.39, 0.29) is 11.3 Å². The average molecular weight is 345 g/mol. The van der Waals surface area contributed by atoms with Crippen molar-refractivity contribution in [1.29, 1.82) is 0 Å². The molecule has 1 aliphatic heterocycles. The molecule has 7 nitrogen and oxygen atoms in total. The molecule has 3 rings (SSSR count). The Morgan fingerprint density at radius 1 is 1.24 bits per heavy atom. The van der Waals surface area contributed by atoms with Crippen LogP contribution in [0.25, 0.3) is 0 Å². The van der Waals surface area contributed by atoms with Crippen LogP contribution in [-0.2, 0) is 19.0 Å². The first-order valence-corrected chi connectivity index (χ1v) is 8.79. The fourth-order valence-corrected chi connectivity index (χ4v) is 3.00. The summed E-state index contributed by atoms with van der Waals surface area (Å²) in [6.45, 7) is 10.3. The molecule has 1 aliphatic rings. The van der Waals surface area contributed by atoms with Crippen LogP contribution in [0.15, 0.2) is 22.9 Å². The molecular weight excluding hydrogens is 318 g/mol. The Bertz CT molecular complexity index is 728. The zero-order chi connectivity index (χ0) is 18.0. The summed E-state index contributed by atoms with van der Waals surface area (Å²) in [5.41, 5.74) is 0.604. The summed E-state index contributed by atoms with van der Waals surface area (Å²) < 4.78 is 7.53. The van der Waals surface area contributed by atoms with Gasteiger partial charge >= 0.3 is 0 Å². The minimum atomic E-state index is -0.0314. The first-order chi connectivity index (χ1) is 11.8. The van der Waals surface area contributed by atoms with Gasteiger partial charge in [-0.15, -0.1) is 0 Å². The van der Waals surface area contributed by atoms with Crippen LogP contribution >= 0.6 is 0 Å². The topological polar surface area (TPSA) is 67.4 Å². The maximum absolute atomic E-state index is 12.6. The summed E-state index contributed by atoms with van der Waals surface area (Å²) in [6, 6.07) is 1.77. The number of hydrogen-bond acceptors (Lipinski definition) is 5. The van der Waals surface area contributed by atoms with E-state index in [0.29, 0.717) is 18.8 Å². The molecule has 0 bridgehead atoms. The van der Waals surface area contributed by atoms with Crippen LogP contribution in [0.1, 0.15) is 49.3 Å². The van der Waals surface area contributed by atoms with Crippen molar-refractivity contribution in [2.24, 2.45) is 7.05 Å². The Labute approximate surface area is 148 Å². The predicted molar refractivity (Wildman–Crippen MR) is 94.2 cm³/mol. The van der Waals surface area contributed by atoms with Gasteiger partial charge in [-0.05, 0) is 12.5 Å². The minimum absolute atomic E-state index is 0.0314. The second-order valence-electron chi connectivity index (χ2n) is 7.63. The van der Waals surface area contributed by atoms with E-state index in [4.69, 9.17) is 4.42 Å². The van der Waals surface area contributed by atoms with Gasteiger partial charge in [0.2, 0.25) is 5.89 Å². The molecule has 0 radical (unpaired) electrons. The third-order valence-corrected chi connectivity index (χ3v) is 4.57. The van der Waals surface area contributed by atoms with Gasteiger partial charge in [0, 0.05) is 44.8 Å². The molecule has 0 N–H and O–H groups in total. The zero-order valence-electron chi connectivity index (χ0n) is 15.5. The fourth-order valence-electron chi connectivity index (χ4n) is 3.00.